The van der Waals surface area contributed by atoms with E-state index in [4.69, 9.17) is 4.74 Å². The second-order valence-corrected chi connectivity index (χ2v) is 3.61. The molecular formula is C13H18N2O2. The van der Waals surface area contributed by atoms with Gasteiger partial charge in [0, 0.05) is 24.5 Å². The summed E-state index contributed by atoms with van der Waals surface area (Å²) in [5.41, 5.74) is 1.62. The summed E-state index contributed by atoms with van der Waals surface area (Å²) < 4.78 is 4.83. The summed E-state index contributed by atoms with van der Waals surface area (Å²) in [6.45, 7) is 7.07. The molecule has 0 aromatic carbocycles. The van der Waals surface area contributed by atoms with E-state index in [9.17, 15) is 4.79 Å². The maximum atomic E-state index is 11.2. The van der Waals surface area contributed by atoms with Gasteiger partial charge in [-0.25, -0.2) is 4.79 Å². The largest absolute Gasteiger partial charge is 0.463 e. The monoisotopic (exact) mass is 234 g/mol. The van der Waals surface area contributed by atoms with E-state index >= 15 is 0 Å². The highest BCUT2D eigenvalue weighted by atomic mass is 16.5. The molecule has 0 aliphatic rings. The van der Waals surface area contributed by atoms with Crippen LogP contribution in [0.25, 0.3) is 0 Å². The van der Waals surface area contributed by atoms with E-state index in [-0.39, 0.29) is 5.97 Å². The highest BCUT2D eigenvalue weighted by Gasteiger charge is 2.06. The minimum atomic E-state index is -0.332. The predicted octanol–water partition coefficient (Wildman–Crippen LogP) is 1.33. The highest BCUT2D eigenvalue weighted by molar-refractivity contribution is 5.88. The molecule has 17 heavy (non-hydrogen) atoms. The summed E-state index contributed by atoms with van der Waals surface area (Å²) in [5, 5.41) is 3.14. The van der Waals surface area contributed by atoms with Gasteiger partial charge in [0.15, 0.2) is 0 Å². The summed E-state index contributed by atoms with van der Waals surface area (Å²) in [6.07, 6.45) is 4.46. The number of esters is 1. The van der Waals surface area contributed by atoms with Gasteiger partial charge in [0.25, 0.3) is 0 Å². The van der Waals surface area contributed by atoms with E-state index in [1.807, 2.05) is 18.3 Å². The Morgan fingerprint density at radius 3 is 3.06 bits per heavy atom. The third-order valence-corrected chi connectivity index (χ3v) is 2.22. The normalized spacial score (nSPS) is 9.94. The van der Waals surface area contributed by atoms with Crippen molar-refractivity contribution in [3.63, 3.8) is 0 Å². The predicted molar refractivity (Wildman–Crippen MR) is 66.6 cm³/mol. The topological polar surface area (TPSA) is 51.2 Å². The fourth-order valence-corrected chi connectivity index (χ4v) is 1.32. The zero-order valence-corrected chi connectivity index (χ0v) is 10.1. The van der Waals surface area contributed by atoms with E-state index < -0.39 is 0 Å². The lowest BCUT2D eigenvalue weighted by Crippen LogP contribution is -2.23. The van der Waals surface area contributed by atoms with Crippen molar-refractivity contribution in [2.75, 3.05) is 19.7 Å². The van der Waals surface area contributed by atoms with E-state index in [1.165, 1.54) is 5.56 Å². The molecule has 0 fully saturated rings. The van der Waals surface area contributed by atoms with Crippen LogP contribution in [0.1, 0.15) is 12.5 Å². The van der Waals surface area contributed by atoms with Gasteiger partial charge in [0.1, 0.15) is 0 Å². The number of rotatable bonds is 7. The van der Waals surface area contributed by atoms with Crippen LogP contribution in [0.15, 0.2) is 36.7 Å². The first-order valence-electron chi connectivity index (χ1n) is 5.68. The molecule has 92 valence electrons. The number of carbonyl (C=O) groups excluding carboxylic acids is 1. The minimum absolute atomic E-state index is 0.332. The fraction of sp³-hybridized carbons (Fsp3) is 0.385. The van der Waals surface area contributed by atoms with Crippen LogP contribution in [0.5, 0.6) is 0 Å². The molecule has 0 saturated carbocycles. The molecule has 1 heterocycles. The molecule has 0 aliphatic heterocycles. The molecule has 0 unspecified atom stereocenters. The van der Waals surface area contributed by atoms with Crippen molar-refractivity contribution in [3.05, 3.63) is 42.2 Å². The summed E-state index contributed by atoms with van der Waals surface area (Å²) in [7, 11) is 0. The standard InChI is InChI=1S/C13H18N2O2/c1-3-17-13(16)11(2)9-15-8-6-12-5-4-7-14-10-12/h4-5,7,10,15H,2-3,6,8-9H2,1H3. The van der Waals surface area contributed by atoms with Crippen LogP contribution in [0, 0.1) is 0 Å². The van der Waals surface area contributed by atoms with Gasteiger partial charge in [-0.05, 0) is 31.5 Å². The van der Waals surface area contributed by atoms with Crippen molar-refractivity contribution in [1.29, 1.82) is 0 Å². The average molecular weight is 234 g/mol. The molecule has 0 bridgehead atoms. The third-order valence-electron chi connectivity index (χ3n) is 2.22. The second kappa shape index (κ2) is 7.57. The summed E-state index contributed by atoms with van der Waals surface area (Å²) >= 11 is 0. The number of hydrogen-bond acceptors (Lipinski definition) is 4. The second-order valence-electron chi connectivity index (χ2n) is 3.61. The Morgan fingerprint density at radius 1 is 1.59 bits per heavy atom. The van der Waals surface area contributed by atoms with Crippen LogP contribution < -0.4 is 5.32 Å². The summed E-state index contributed by atoms with van der Waals surface area (Å²) in [6, 6.07) is 3.93. The first-order valence-corrected chi connectivity index (χ1v) is 5.68. The zero-order chi connectivity index (χ0) is 12.5. The molecule has 1 N–H and O–H groups in total. The van der Waals surface area contributed by atoms with Gasteiger partial charge < -0.3 is 10.1 Å². The smallest absolute Gasteiger partial charge is 0.334 e. The van der Waals surface area contributed by atoms with Gasteiger partial charge >= 0.3 is 5.97 Å². The van der Waals surface area contributed by atoms with Crippen molar-refractivity contribution in [2.45, 2.75) is 13.3 Å². The lowest BCUT2D eigenvalue weighted by atomic mass is 10.2. The molecule has 0 aliphatic carbocycles. The van der Waals surface area contributed by atoms with Crippen molar-refractivity contribution in [2.24, 2.45) is 0 Å². The van der Waals surface area contributed by atoms with E-state index in [1.54, 1.807) is 13.1 Å². The fourth-order valence-electron chi connectivity index (χ4n) is 1.32. The Morgan fingerprint density at radius 2 is 2.41 bits per heavy atom. The number of hydrogen-bond donors (Lipinski definition) is 1. The average Bonchev–Trinajstić information content (AvgIpc) is 2.36. The lowest BCUT2D eigenvalue weighted by molar-refractivity contribution is -0.138. The lowest BCUT2D eigenvalue weighted by Gasteiger charge is -2.07. The van der Waals surface area contributed by atoms with Crippen LogP contribution >= 0.6 is 0 Å². The molecule has 0 amide bonds. The maximum absolute atomic E-state index is 11.2. The number of nitrogens with zero attached hydrogens (tertiary/aromatic N) is 1. The Hall–Kier alpha value is -1.68. The Kier molecular flexibility index (Phi) is 5.96. The van der Waals surface area contributed by atoms with Gasteiger partial charge in [-0.2, -0.15) is 0 Å². The molecule has 0 spiro atoms. The van der Waals surface area contributed by atoms with Crippen molar-refractivity contribution < 1.29 is 9.53 Å². The Bertz CT molecular complexity index is 363. The summed E-state index contributed by atoms with van der Waals surface area (Å²) in [4.78, 5) is 15.3. The molecule has 4 nitrogen and oxygen atoms in total. The van der Waals surface area contributed by atoms with Crippen molar-refractivity contribution in [3.8, 4) is 0 Å². The van der Waals surface area contributed by atoms with Crippen molar-refractivity contribution >= 4 is 5.97 Å². The zero-order valence-electron chi connectivity index (χ0n) is 10.1. The van der Waals surface area contributed by atoms with Crippen LogP contribution in [0.4, 0.5) is 0 Å². The number of ether oxygens (including phenoxy) is 1. The maximum Gasteiger partial charge on any atom is 0.334 e. The van der Waals surface area contributed by atoms with Gasteiger partial charge in [-0.3, -0.25) is 4.98 Å². The molecule has 4 heteroatoms. The Labute approximate surface area is 102 Å². The number of nitrogens with one attached hydrogen (secondary N) is 1. The van der Waals surface area contributed by atoms with Gasteiger partial charge in [0.2, 0.25) is 0 Å². The summed E-state index contributed by atoms with van der Waals surface area (Å²) in [5.74, 6) is -0.332. The highest BCUT2D eigenvalue weighted by Crippen LogP contribution is 1.96. The van der Waals surface area contributed by atoms with Gasteiger partial charge in [0.05, 0.1) is 6.61 Å². The van der Waals surface area contributed by atoms with Crippen LogP contribution in [-0.4, -0.2) is 30.6 Å². The SMILES string of the molecule is C=C(CNCCc1cccnc1)C(=O)OCC. The number of pyridine rings is 1. The first kappa shape index (κ1) is 13.4. The van der Waals surface area contributed by atoms with E-state index in [2.05, 4.69) is 16.9 Å². The van der Waals surface area contributed by atoms with Gasteiger partial charge in [-0.15, -0.1) is 0 Å². The number of aromatic nitrogens is 1. The van der Waals surface area contributed by atoms with E-state index in [0.29, 0.717) is 18.7 Å². The first-order chi connectivity index (χ1) is 8.24. The third kappa shape index (κ3) is 5.26. The minimum Gasteiger partial charge on any atom is -0.463 e. The van der Waals surface area contributed by atoms with Crippen LogP contribution in [0.2, 0.25) is 0 Å². The molecule has 1 rings (SSSR count). The Balaban J connectivity index is 2.16. The quantitative estimate of drug-likeness (QED) is 0.439. The number of carbonyl (C=O) groups is 1. The molecule has 0 radical (unpaired) electrons. The molecule has 0 saturated heterocycles. The van der Waals surface area contributed by atoms with E-state index in [0.717, 1.165) is 13.0 Å². The van der Waals surface area contributed by atoms with Crippen LogP contribution in [0.3, 0.4) is 0 Å². The van der Waals surface area contributed by atoms with Crippen molar-refractivity contribution in [1.82, 2.24) is 10.3 Å². The molecule has 0 atom stereocenters. The van der Waals surface area contributed by atoms with Crippen LogP contribution in [-0.2, 0) is 16.0 Å². The molecular weight excluding hydrogens is 216 g/mol. The molecule has 1 aromatic rings. The molecule has 1 aromatic heterocycles. The van der Waals surface area contributed by atoms with Gasteiger partial charge in [-0.1, -0.05) is 12.6 Å².